The topological polar surface area (TPSA) is 52.6 Å². The molecule has 1 amide bonds. The normalized spacial score (nSPS) is 15.8. The molecule has 1 aliphatic heterocycles. The Labute approximate surface area is 124 Å². The molecule has 21 heavy (non-hydrogen) atoms. The number of rotatable bonds is 3. The smallest absolute Gasteiger partial charge is 0.221 e. The number of aliphatic hydroxyl groups is 1. The van der Waals surface area contributed by atoms with Crippen molar-refractivity contribution < 1.29 is 14.3 Å². The third-order valence-electron chi connectivity index (χ3n) is 3.32. The van der Waals surface area contributed by atoms with Crippen molar-refractivity contribution in [3.63, 3.8) is 0 Å². The maximum Gasteiger partial charge on any atom is 0.221 e. The highest BCUT2D eigenvalue weighted by Crippen LogP contribution is 2.13. The lowest BCUT2D eigenvalue weighted by atomic mass is 10.1. The highest BCUT2D eigenvalue weighted by molar-refractivity contribution is 5.76. The molecule has 4 nitrogen and oxygen atoms in total. The summed E-state index contributed by atoms with van der Waals surface area (Å²) in [6.07, 6.45) is 0.838. The van der Waals surface area contributed by atoms with Gasteiger partial charge >= 0.3 is 0 Å². The van der Waals surface area contributed by atoms with Crippen molar-refractivity contribution >= 4 is 5.91 Å². The molecule has 0 aliphatic carbocycles. The second-order valence-corrected chi connectivity index (χ2v) is 4.96. The number of carbonyl (C=O) groups excluding carboxylic acids is 1. The highest BCUT2D eigenvalue weighted by atomic mass is 19.1. The van der Waals surface area contributed by atoms with Gasteiger partial charge in [-0.3, -0.25) is 9.69 Å². The van der Waals surface area contributed by atoms with Crippen molar-refractivity contribution in [3.05, 3.63) is 35.1 Å². The summed E-state index contributed by atoms with van der Waals surface area (Å²) in [5.41, 5.74) is 1.22. The molecule has 1 aliphatic rings. The minimum absolute atomic E-state index is 0.00921. The van der Waals surface area contributed by atoms with Crippen molar-refractivity contribution in [1.82, 2.24) is 10.2 Å². The first-order chi connectivity index (χ1) is 10.2. The Hall–Kier alpha value is -1.90. The summed E-state index contributed by atoms with van der Waals surface area (Å²) in [6, 6.07) is 4.93. The molecule has 0 spiro atoms. The Bertz CT molecular complexity index is 563. The molecule has 0 unspecified atom stereocenters. The Morgan fingerprint density at radius 3 is 3.00 bits per heavy atom. The summed E-state index contributed by atoms with van der Waals surface area (Å²) in [5.74, 6) is 5.35. The molecule has 1 fully saturated rings. The van der Waals surface area contributed by atoms with E-state index < -0.39 is 0 Å². The average molecular weight is 290 g/mol. The van der Waals surface area contributed by atoms with E-state index in [1.807, 2.05) is 0 Å². The fourth-order valence-corrected chi connectivity index (χ4v) is 2.19. The van der Waals surface area contributed by atoms with Crippen LogP contribution in [0.3, 0.4) is 0 Å². The van der Waals surface area contributed by atoms with Crippen LogP contribution in [0.1, 0.15) is 24.0 Å². The van der Waals surface area contributed by atoms with Crippen molar-refractivity contribution in [1.29, 1.82) is 0 Å². The maximum absolute atomic E-state index is 14.1. The zero-order valence-electron chi connectivity index (χ0n) is 11.9. The zero-order valence-corrected chi connectivity index (χ0v) is 11.9. The number of hydrogen-bond donors (Lipinski definition) is 2. The van der Waals surface area contributed by atoms with Crippen LogP contribution in [0.25, 0.3) is 0 Å². The number of amides is 1. The summed E-state index contributed by atoms with van der Waals surface area (Å²) < 4.78 is 14.1. The quantitative estimate of drug-likeness (QED) is 0.813. The summed E-state index contributed by atoms with van der Waals surface area (Å²) in [4.78, 5) is 13.3. The van der Waals surface area contributed by atoms with Gasteiger partial charge in [0.05, 0.1) is 6.61 Å². The number of nitrogens with zero attached hydrogens (tertiary/aromatic N) is 1. The van der Waals surface area contributed by atoms with Gasteiger partial charge in [0, 0.05) is 50.1 Å². The standard InChI is InChI=1S/C16H19FN2O2/c17-15-11-13(3-1-2-10-20)4-5-14(15)12-19-8-6-16(21)18-7-9-19/h4-5,11,20H,2,6-10,12H2,(H,18,21). The Balaban J connectivity index is 2.00. The predicted molar refractivity (Wildman–Crippen MR) is 77.9 cm³/mol. The number of benzene rings is 1. The first-order valence-corrected chi connectivity index (χ1v) is 7.06. The average Bonchev–Trinajstić information content (AvgIpc) is 2.67. The molecule has 0 saturated carbocycles. The van der Waals surface area contributed by atoms with Crippen LogP contribution in [0.15, 0.2) is 18.2 Å². The molecule has 0 radical (unpaired) electrons. The van der Waals surface area contributed by atoms with E-state index >= 15 is 0 Å². The third kappa shape index (κ3) is 4.85. The van der Waals surface area contributed by atoms with Crippen molar-refractivity contribution in [2.45, 2.75) is 19.4 Å². The first-order valence-electron chi connectivity index (χ1n) is 7.06. The van der Waals surface area contributed by atoms with Crippen LogP contribution in [-0.4, -0.2) is 42.2 Å². The van der Waals surface area contributed by atoms with E-state index in [-0.39, 0.29) is 18.3 Å². The summed E-state index contributed by atoms with van der Waals surface area (Å²) in [5, 5.41) is 11.5. The molecule has 1 aromatic carbocycles. The number of hydrogen-bond acceptors (Lipinski definition) is 3. The van der Waals surface area contributed by atoms with Gasteiger partial charge in [0.15, 0.2) is 0 Å². The fourth-order valence-electron chi connectivity index (χ4n) is 2.19. The second-order valence-electron chi connectivity index (χ2n) is 4.96. The van der Waals surface area contributed by atoms with Gasteiger partial charge in [0.2, 0.25) is 5.91 Å². The fraction of sp³-hybridized carbons (Fsp3) is 0.438. The van der Waals surface area contributed by atoms with E-state index in [4.69, 9.17) is 5.11 Å². The largest absolute Gasteiger partial charge is 0.395 e. The van der Waals surface area contributed by atoms with E-state index in [1.165, 1.54) is 6.07 Å². The Morgan fingerprint density at radius 2 is 2.24 bits per heavy atom. The molecule has 0 bridgehead atoms. The molecule has 1 saturated heterocycles. The molecule has 1 heterocycles. The maximum atomic E-state index is 14.1. The third-order valence-corrected chi connectivity index (χ3v) is 3.32. The monoisotopic (exact) mass is 290 g/mol. The van der Waals surface area contributed by atoms with E-state index in [0.29, 0.717) is 43.6 Å². The summed E-state index contributed by atoms with van der Waals surface area (Å²) in [6.45, 7) is 2.47. The van der Waals surface area contributed by atoms with Gasteiger partial charge in [-0.05, 0) is 12.1 Å². The van der Waals surface area contributed by atoms with Gasteiger partial charge < -0.3 is 10.4 Å². The number of carbonyl (C=O) groups is 1. The highest BCUT2D eigenvalue weighted by Gasteiger charge is 2.15. The van der Waals surface area contributed by atoms with Crippen LogP contribution < -0.4 is 5.32 Å². The summed E-state index contributed by atoms with van der Waals surface area (Å²) >= 11 is 0. The molecule has 1 aromatic rings. The molecule has 5 heteroatoms. The van der Waals surface area contributed by atoms with Gasteiger partial charge in [-0.2, -0.15) is 0 Å². The SMILES string of the molecule is O=C1CCN(Cc2ccc(C#CCCO)cc2F)CCN1. The minimum atomic E-state index is -0.283. The number of nitrogens with one attached hydrogen (secondary N) is 1. The van der Waals surface area contributed by atoms with Crippen LogP contribution in [0.5, 0.6) is 0 Å². The summed E-state index contributed by atoms with van der Waals surface area (Å²) in [7, 11) is 0. The molecule has 2 rings (SSSR count). The lowest BCUT2D eigenvalue weighted by Gasteiger charge is -2.19. The lowest BCUT2D eigenvalue weighted by Crippen LogP contribution is -2.28. The van der Waals surface area contributed by atoms with Gasteiger partial charge in [0.25, 0.3) is 0 Å². The van der Waals surface area contributed by atoms with E-state index in [2.05, 4.69) is 22.1 Å². The number of aliphatic hydroxyl groups excluding tert-OH is 1. The van der Waals surface area contributed by atoms with E-state index in [0.717, 1.165) is 6.54 Å². The van der Waals surface area contributed by atoms with Crippen LogP contribution in [-0.2, 0) is 11.3 Å². The van der Waals surface area contributed by atoms with Gasteiger partial charge in [-0.25, -0.2) is 4.39 Å². The van der Waals surface area contributed by atoms with Crippen LogP contribution in [0.4, 0.5) is 4.39 Å². The molecule has 2 N–H and O–H groups in total. The molecule has 0 atom stereocenters. The van der Waals surface area contributed by atoms with Crippen molar-refractivity contribution in [3.8, 4) is 11.8 Å². The number of halogens is 1. The zero-order chi connectivity index (χ0) is 15.1. The molecule has 112 valence electrons. The lowest BCUT2D eigenvalue weighted by molar-refractivity contribution is -0.120. The minimum Gasteiger partial charge on any atom is -0.395 e. The Kier molecular flexibility index (Phi) is 5.73. The van der Waals surface area contributed by atoms with Gasteiger partial charge in [0.1, 0.15) is 5.82 Å². The predicted octanol–water partition coefficient (Wildman–Crippen LogP) is 0.881. The Morgan fingerprint density at radius 1 is 1.38 bits per heavy atom. The molecule has 0 aromatic heterocycles. The molecular formula is C16H19FN2O2. The van der Waals surface area contributed by atoms with Crippen molar-refractivity contribution in [2.24, 2.45) is 0 Å². The second kappa shape index (κ2) is 7.77. The van der Waals surface area contributed by atoms with Crippen LogP contribution >= 0.6 is 0 Å². The van der Waals surface area contributed by atoms with Crippen molar-refractivity contribution in [2.75, 3.05) is 26.2 Å². The van der Waals surface area contributed by atoms with Crippen LogP contribution in [0, 0.1) is 17.7 Å². The van der Waals surface area contributed by atoms with E-state index in [1.54, 1.807) is 12.1 Å². The van der Waals surface area contributed by atoms with E-state index in [9.17, 15) is 9.18 Å². The first kappa shape index (κ1) is 15.5. The van der Waals surface area contributed by atoms with Gasteiger partial charge in [-0.15, -0.1) is 0 Å². The molecular weight excluding hydrogens is 271 g/mol. The van der Waals surface area contributed by atoms with Crippen LogP contribution in [0.2, 0.25) is 0 Å². The van der Waals surface area contributed by atoms with Gasteiger partial charge in [-0.1, -0.05) is 17.9 Å².